The van der Waals surface area contributed by atoms with E-state index in [0.29, 0.717) is 0 Å². The third-order valence-electron chi connectivity index (χ3n) is 1.74. The standard InChI is InChI=1S/C7H4F3NO2/c8-7(9,10)6-11-3-1-2-4(11)5(12)13-6/h1-3,6H/t6-/m1/s1. The Kier molecular flexibility index (Phi) is 1.43. The van der Waals surface area contributed by atoms with Gasteiger partial charge in [0.05, 0.1) is 0 Å². The van der Waals surface area contributed by atoms with E-state index < -0.39 is 18.4 Å². The number of aromatic nitrogens is 1. The Balaban J connectivity index is 2.44. The molecule has 0 bridgehead atoms. The first-order chi connectivity index (χ1) is 6.00. The number of hydrogen-bond donors (Lipinski definition) is 0. The zero-order chi connectivity index (χ0) is 9.64. The SMILES string of the molecule is O=C1O[C@H](C(F)(F)F)n2cccc21. The van der Waals surface area contributed by atoms with Crippen LogP contribution in [0.2, 0.25) is 0 Å². The number of halogens is 3. The minimum absolute atomic E-state index is 0.0673. The Labute approximate surface area is 70.7 Å². The highest BCUT2D eigenvalue weighted by Gasteiger charge is 2.49. The Morgan fingerprint density at radius 3 is 2.77 bits per heavy atom. The molecule has 0 amide bonds. The van der Waals surface area contributed by atoms with Crippen LogP contribution in [0.5, 0.6) is 0 Å². The zero-order valence-corrected chi connectivity index (χ0v) is 6.21. The first kappa shape index (κ1) is 8.15. The van der Waals surface area contributed by atoms with Crippen LogP contribution in [0.4, 0.5) is 13.2 Å². The maximum atomic E-state index is 12.2. The Hall–Kier alpha value is -1.46. The molecule has 0 N–H and O–H groups in total. The number of hydrogen-bond acceptors (Lipinski definition) is 2. The molecule has 0 spiro atoms. The van der Waals surface area contributed by atoms with Crippen molar-refractivity contribution in [2.45, 2.75) is 12.4 Å². The van der Waals surface area contributed by atoms with Crippen molar-refractivity contribution in [3.63, 3.8) is 0 Å². The largest absolute Gasteiger partial charge is 0.445 e. The summed E-state index contributed by atoms with van der Waals surface area (Å²) in [4.78, 5) is 10.8. The second-order valence-electron chi connectivity index (χ2n) is 2.60. The van der Waals surface area contributed by atoms with Crippen LogP contribution in [0.15, 0.2) is 18.3 Å². The summed E-state index contributed by atoms with van der Waals surface area (Å²) < 4.78 is 41.5. The van der Waals surface area contributed by atoms with Gasteiger partial charge in [-0.2, -0.15) is 13.2 Å². The van der Waals surface area contributed by atoms with Crippen LogP contribution >= 0.6 is 0 Å². The highest BCUT2D eigenvalue weighted by molar-refractivity contribution is 5.89. The fourth-order valence-corrected chi connectivity index (χ4v) is 1.21. The van der Waals surface area contributed by atoms with E-state index in [1.807, 2.05) is 0 Å². The van der Waals surface area contributed by atoms with Crippen LogP contribution in [0.1, 0.15) is 16.7 Å². The topological polar surface area (TPSA) is 31.2 Å². The van der Waals surface area contributed by atoms with Gasteiger partial charge in [0.25, 0.3) is 6.23 Å². The van der Waals surface area contributed by atoms with Gasteiger partial charge in [0, 0.05) is 6.20 Å². The van der Waals surface area contributed by atoms with E-state index in [4.69, 9.17) is 0 Å². The van der Waals surface area contributed by atoms with Gasteiger partial charge in [0.2, 0.25) is 0 Å². The maximum Gasteiger partial charge on any atom is 0.445 e. The second-order valence-corrected chi connectivity index (χ2v) is 2.60. The van der Waals surface area contributed by atoms with Gasteiger partial charge >= 0.3 is 12.1 Å². The molecule has 1 aromatic heterocycles. The van der Waals surface area contributed by atoms with Crippen molar-refractivity contribution in [1.29, 1.82) is 0 Å². The van der Waals surface area contributed by atoms with E-state index in [-0.39, 0.29) is 5.69 Å². The Morgan fingerprint density at radius 2 is 2.15 bits per heavy atom. The number of carbonyl (C=O) groups excluding carboxylic acids is 1. The lowest BCUT2D eigenvalue weighted by Gasteiger charge is -2.14. The van der Waals surface area contributed by atoms with E-state index in [1.54, 1.807) is 0 Å². The summed E-state index contributed by atoms with van der Waals surface area (Å²) in [6.07, 6.45) is -5.55. The van der Waals surface area contributed by atoms with E-state index in [2.05, 4.69) is 4.74 Å². The zero-order valence-electron chi connectivity index (χ0n) is 6.21. The van der Waals surface area contributed by atoms with Crippen LogP contribution in [-0.2, 0) is 4.74 Å². The summed E-state index contributed by atoms with van der Waals surface area (Å²) >= 11 is 0. The average molecular weight is 191 g/mol. The van der Waals surface area contributed by atoms with Crippen molar-refractivity contribution in [3.05, 3.63) is 24.0 Å². The van der Waals surface area contributed by atoms with Crippen molar-refractivity contribution in [2.24, 2.45) is 0 Å². The molecule has 2 heterocycles. The third kappa shape index (κ3) is 1.09. The Morgan fingerprint density at radius 1 is 1.46 bits per heavy atom. The fraction of sp³-hybridized carbons (Fsp3) is 0.286. The van der Waals surface area contributed by atoms with Crippen molar-refractivity contribution in [2.75, 3.05) is 0 Å². The quantitative estimate of drug-likeness (QED) is 0.584. The molecular formula is C7H4F3NO2. The number of esters is 1. The van der Waals surface area contributed by atoms with Gasteiger partial charge in [-0.05, 0) is 12.1 Å². The monoisotopic (exact) mass is 191 g/mol. The molecule has 0 aromatic carbocycles. The molecule has 0 saturated heterocycles. The summed E-state index contributed by atoms with van der Waals surface area (Å²) in [5.41, 5.74) is -0.0673. The van der Waals surface area contributed by atoms with Crippen LogP contribution in [0, 0.1) is 0 Å². The lowest BCUT2D eigenvalue weighted by molar-refractivity contribution is -0.224. The van der Waals surface area contributed by atoms with E-state index in [9.17, 15) is 18.0 Å². The highest BCUT2D eigenvalue weighted by atomic mass is 19.4. The Bertz CT molecular complexity index is 355. The summed E-state index contributed by atoms with van der Waals surface area (Å²) in [6.45, 7) is 0. The number of ether oxygens (including phenoxy) is 1. The molecule has 1 atom stereocenters. The van der Waals surface area contributed by atoms with Gasteiger partial charge in [0.15, 0.2) is 0 Å². The highest BCUT2D eigenvalue weighted by Crippen LogP contribution is 2.37. The molecule has 70 valence electrons. The molecule has 0 fully saturated rings. The molecule has 0 radical (unpaired) electrons. The van der Waals surface area contributed by atoms with Gasteiger partial charge < -0.3 is 4.74 Å². The molecule has 0 aliphatic carbocycles. The van der Waals surface area contributed by atoms with E-state index >= 15 is 0 Å². The minimum Gasteiger partial charge on any atom is -0.426 e. The van der Waals surface area contributed by atoms with Crippen LogP contribution in [-0.4, -0.2) is 16.7 Å². The number of fused-ring (bicyclic) bond motifs is 1. The molecule has 0 unspecified atom stereocenters. The van der Waals surface area contributed by atoms with Crippen molar-refractivity contribution in [1.82, 2.24) is 4.57 Å². The normalized spacial score (nSPS) is 21.5. The predicted octanol–water partition coefficient (Wildman–Crippen LogP) is 1.72. The molecule has 13 heavy (non-hydrogen) atoms. The van der Waals surface area contributed by atoms with Crippen LogP contribution < -0.4 is 0 Å². The maximum absolute atomic E-state index is 12.2. The van der Waals surface area contributed by atoms with Crippen LogP contribution in [0.3, 0.4) is 0 Å². The van der Waals surface area contributed by atoms with Gasteiger partial charge in [0.1, 0.15) is 5.69 Å². The van der Waals surface area contributed by atoms with Gasteiger partial charge in [-0.1, -0.05) is 0 Å². The summed E-state index contributed by atoms with van der Waals surface area (Å²) in [7, 11) is 0. The van der Waals surface area contributed by atoms with Gasteiger partial charge in [-0.25, -0.2) is 4.79 Å². The lowest BCUT2D eigenvalue weighted by Crippen LogP contribution is -2.24. The minimum atomic E-state index is -4.56. The molecule has 3 nitrogen and oxygen atoms in total. The van der Waals surface area contributed by atoms with Gasteiger partial charge in [-0.15, -0.1) is 0 Å². The molecule has 0 saturated carbocycles. The van der Waals surface area contributed by atoms with Crippen molar-refractivity contribution >= 4 is 5.97 Å². The second kappa shape index (κ2) is 2.27. The summed E-state index contributed by atoms with van der Waals surface area (Å²) in [6, 6.07) is 2.66. The summed E-state index contributed by atoms with van der Waals surface area (Å²) in [5, 5.41) is 0. The smallest absolute Gasteiger partial charge is 0.426 e. The van der Waals surface area contributed by atoms with Crippen molar-refractivity contribution < 1.29 is 22.7 Å². The number of cyclic esters (lactones) is 1. The third-order valence-corrected chi connectivity index (χ3v) is 1.74. The van der Waals surface area contributed by atoms with E-state index in [0.717, 1.165) is 4.57 Å². The molecule has 2 rings (SSSR count). The number of nitrogens with zero attached hydrogens (tertiary/aromatic N) is 1. The van der Waals surface area contributed by atoms with Crippen LogP contribution in [0.25, 0.3) is 0 Å². The first-order valence-electron chi connectivity index (χ1n) is 3.44. The first-order valence-corrected chi connectivity index (χ1v) is 3.44. The predicted molar refractivity (Wildman–Crippen MR) is 34.9 cm³/mol. The molecule has 6 heteroatoms. The molecule has 1 aliphatic rings. The number of alkyl halides is 3. The molecule has 1 aliphatic heterocycles. The lowest BCUT2D eigenvalue weighted by atomic mass is 10.4. The summed E-state index contributed by atoms with van der Waals surface area (Å²) in [5.74, 6) is -0.938. The van der Waals surface area contributed by atoms with Gasteiger partial charge in [-0.3, -0.25) is 4.57 Å². The number of carbonyl (C=O) groups is 1. The fourth-order valence-electron chi connectivity index (χ4n) is 1.21. The molecular weight excluding hydrogens is 187 g/mol. The van der Waals surface area contributed by atoms with E-state index in [1.165, 1.54) is 18.3 Å². The number of rotatable bonds is 0. The molecule has 1 aromatic rings. The average Bonchev–Trinajstić information content (AvgIpc) is 2.51. The van der Waals surface area contributed by atoms with Crippen molar-refractivity contribution in [3.8, 4) is 0 Å².